The van der Waals surface area contributed by atoms with Crippen LogP contribution in [0.4, 0.5) is 0 Å². The molecule has 0 N–H and O–H groups in total. The van der Waals surface area contributed by atoms with E-state index in [1.807, 2.05) is 0 Å². The molecule has 1 amide bonds. The highest BCUT2D eigenvalue weighted by atomic mass is 16.5. The molecule has 3 atom stereocenters. The van der Waals surface area contributed by atoms with Gasteiger partial charge >= 0.3 is 5.97 Å². The molecule has 0 aliphatic carbocycles. The molecule has 0 saturated carbocycles. The van der Waals surface area contributed by atoms with Gasteiger partial charge in [0, 0.05) is 24.9 Å². The van der Waals surface area contributed by atoms with Gasteiger partial charge in [0.15, 0.2) is 0 Å². The Morgan fingerprint density at radius 2 is 0.936 bits per heavy atom. The van der Waals surface area contributed by atoms with Gasteiger partial charge in [-0.25, -0.2) is 0 Å². The molecule has 0 radical (unpaired) electrons. The first kappa shape index (κ1) is 45.9. The van der Waals surface area contributed by atoms with E-state index in [-0.39, 0.29) is 11.9 Å². The number of esters is 1. The van der Waals surface area contributed by atoms with Crippen LogP contribution in [-0.4, -0.2) is 36.0 Å². The zero-order chi connectivity index (χ0) is 34.8. The van der Waals surface area contributed by atoms with Gasteiger partial charge in [-0.2, -0.15) is 0 Å². The van der Waals surface area contributed by atoms with Crippen LogP contribution in [-0.2, 0) is 14.3 Å². The second-order valence-electron chi connectivity index (χ2n) is 14.9. The highest BCUT2D eigenvalue weighted by molar-refractivity contribution is 5.79. The van der Waals surface area contributed by atoms with Crippen LogP contribution in [0, 0.1) is 11.8 Å². The maximum atomic E-state index is 13.9. The molecule has 0 spiro atoms. The standard InChI is InChI=1S/C43H85NO3/c1-7-13-18-20-23-28-34-41(44(37-17-11-5)43(46)40(12-6)33-26-15-9-3)35-29-24-21-22-25-30-36-42(45)47-38-39(31-16-10-4)32-27-19-14-8-2/h39-41H,7-38H2,1-6H3. The summed E-state index contributed by atoms with van der Waals surface area (Å²) >= 11 is 0. The lowest BCUT2D eigenvalue weighted by molar-refractivity contribution is -0.145. The van der Waals surface area contributed by atoms with Crippen LogP contribution in [0.5, 0.6) is 0 Å². The van der Waals surface area contributed by atoms with Crippen molar-refractivity contribution in [1.82, 2.24) is 4.90 Å². The van der Waals surface area contributed by atoms with E-state index in [4.69, 9.17) is 4.74 Å². The monoisotopic (exact) mass is 664 g/mol. The lowest BCUT2D eigenvalue weighted by atomic mass is 9.93. The van der Waals surface area contributed by atoms with E-state index in [1.54, 1.807) is 0 Å². The minimum Gasteiger partial charge on any atom is -0.465 e. The number of carbonyl (C=O) groups is 2. The first-order valence-corrected chi connectivity index (χ1v) is 21.4. The third-order valence-electron chi connectivity index (χ3n) is 10.4. The van der Waals surface area contributed by atoms with Crippen molar-refractivity contribution in [3.63, 3.8) is 0 Å². The SMILES string of the molecule is CCCCCCCCC(CCCCCCCCC(=O)OCC(CCCC)CCCCCC)N(CCCC)C(=O)C(CC)CCCCC. The van der Waals surface area contributed by atoms with E-state index in [2.05, 4.69) is 46.4 Å². The summed E-state index contributed by atoms with van der Waals surface area (Å²) in [6, 6.07) is 0.406. The molecule has 0 aromatic rings. The first-order valence-electron chi connectivity index (χ1n) is 21.4. The Morgan fingerprint density at radius 1 is 0.489 bits per heavy atom. The van der Waals surface area contributed by atoms with Crippen LogP contribution in [0.3, 0.4) is 0 Å². The summed E-state index contributed by atoms with van der Waals surface area (Å²) < 4.78 is 5.74. The molecule has 3 unspecified atom stereocenters. The van der Waals surface area contributed by atoms with Crippen molar-refractivity contribution in [1.29, 1.82) is 0 Å². The summed E-state index contributed by atoms with van der Waals surface area (Å²) in [6.45, 7) is 15.1. The summed E-state index contributed by atoms with van der Waals surface area (Å²) in [6.07, 6.45) is 35.7. The van der Waals surface area contributed by atoms with E-state index in [0.29, 0.717) is 30.9 Å². The van der Waals surface area contributed by atoms with Gasteiger partial charge < -0.3 is 9.64 Å². The second-order valence-corrected chi connectivity index (χ2v) is 14.9. The minimum absolute atomic E-state index is 0.00880. The molecule has 0 rings (SSSR count). The third-order valence-corrected chi connectivity index (χ3v) is 10.4. The summed E-state index contributed by atoms with van der Waals surface area (Å²) in [5, 5.41) is 0. The van der Waals surface area contributed by atoms with Gasteiger partial charge in [-0.15, -0.1) is 0 Å². The molecule has 0 aliphatic rings. The summed E-state index contributed by atoms with van der Waals surface area (Å²) in [5.41, 5.74) is 0. The molecule has 0 bridgehead atoms. The van der Waals surface area contributed by atoms with Crippen LogP contribution in [0.25, 0.3) is 0 Å². The van der Waals surface area contributed by atoms with Crippen molar-refractivity contribution < 1.29 is 14.3 Å². The highest BCUT2D eigenvalue weighted by Gasteiger charge is 2.28. The van der Waals surface area contributed by atoms with E-state index in [9.17, 15) is 9.59 Å². The Hall–Kier alpha value is -1.06. The molecule has 0 aromatic heterocycles. The van der Waals surface area contributed by atoms with E-state index < -0.39 is 0 Å². The smallest absolute Gasteiger partial charge is 0.305 e. The molecule has 0 aliphatic heterocycles. The number of rotatable bonds is 36. The number of unbranched alkanes of at least 4 members (excludes halogenated alkanes) is 17. The highest BCUT2D eigenvalue weighted by Crippen LogP contribution is 2.25. The van der Waals surface area contributed by atoms with Gasteiger partial charge in [-0.3, -0.25) is 9.59 Å². The van der Waals surface area contributed by atoms with E-state index >= 15 is 0 Å². The van der Waals surface area contributed by atoms with Gasteiger partial charge in [0.2, 0.25) is 5.91 Å². The van der Waals surface area contributed by atoms with Crippen molar-refractivity contribution >= 4 is 11.9 Å². The Bertz CT molecular complexity index is 680. The maximum absolute atomic E-state index is 13.9. The fraction of sp³-hybridized carbons (Fsp3) is 0.953. The average Bonchev–Trinajstić information content (AvgIpc) is 3.08. The lowest BCUT2D eigenvalue weighted by Gasteiger charge is -2.35. The first-order chi connectivity index (χ1) is 23.0. The van der Waals surface area contributed by atoms with Crippen molar-refractivity contribution in [3.8, 4) is 0 Å². The molecule has 0 aromatic carbocycles. The Balaban J connectivity index is 4.73. The molecule has 4 nitrogen and oxygen atoms in total. The van der Waals surface area contributed by atoms with Gasteiger partial charge in [-0.05, 0) is 57.3 Å². The van der Waals surface area contributed by atoms with Crippen LogP contribution in [0.15, 0.2) is 0 Å². The number of carbonyl (C=O) groups excluding carboxylic acids is 2. The molecule has 0 fully saturated rings. The summed E-state index contributed by atoms with van der Waals surface area (Å²) in [7, 11) is 0. The zero-order valence-electron chi connectivity index (χ0n) is 33.0. The molecule has 0 saturated heterocycles. The van der Waals surface area contributed by atoms with Crippen molar-refractivity contribution in [2.75, 3.05) is 13.2 Å². The topological polar surface area (TPSA) is 46.6 Å². The third kappa shape index (κ3) is 26.5. The van der Waals surface area contributed by atoms with Crippen LogP contribution in [0.2, 0.25) is 0 Å². The summed E-state index contributed by atoms with van der Waals surface area (Å²) in [5.74, 6) is 1.20. The number of hydrogen-bond donors (Lipinski definition) is 0. The van der Waals surface area contributed by atoms with E-state index in [0.717, 1.165) is 51.5 Å². The molecule has 4 heteroatoms. The second kappa shape index (κ2) is 34.8. The number of hydrogen-bond acceptors (Lipinski definition) is 3. The van der Waals surface area contributed by atoms with Gasteiger partial charge in [0.1, 0.15) is 0 Å². The van der Waals surface area contributed by atoms with Crippen LogP contribution >= 0.6 is 0 Å². The largest absolute Gasteiger partial charge is 0.465 e. The lowest BCUT2D eigenvalue weighted by Crippen LogP contribution is -2.44. The van der Waals surface area contributed by atoms with E-state index in [1.165, 1.54) is 141 Å². The normalized spacial score (nSPS) is 13.4. The molecule has 0 heterocycles. The Labute approximate surface area is 295 Å². The molecular weight excluding hydrogens is 578 g/mol. The fourth-order valence-corrected chi connectivity index (χ4v) is 7.10. The van der Waals surface area contributed by atoms with Crippen molar-refractivity contribution in [2.24, 2.45) is 11.8 Å². The fourth-order valence-electron chi connectivity index (χ4n) is 7.10. The number of amides is 1. The van der Waals surface area contributed by atoms with Crippen molar-refractivity contribution in [3.05, 3.63) is 0 Å². The van der Waals surface area contributed by atoms with Gasteiger partial charge in [0.05, 0.1) is 6.61 Å². The Morgan fingerprint density at radius 3 is 1.51 bits per heavy atom. The quantitative estimate of drug-likeness (QED) is 0.0495. The minimum atomic E-state index is 0.00880. The zero-order valence-corrected chi connectivity index (χ0v) is 33.0. The molecule has 47 heavy (non-hydrogen) atoms. The van der Waals surface area contributed by atoms with Gasteiger partial charge in [0.25, 0.3) is 0 Å². The predicted octanol–water partition coefficient (Wildman–Crippen LogP) is 13.8. The van der Waals surface area contributed by atoms with Gasteiger partial charge in [-0.1, -0.05) is 176 Å². The molecule has 280 valence electrons. The predicted molar refractivity (Wildman–Crippen MR) is 206 cm³/mol. The Kier molecular flexibility index (Phi) is 34.0. The molecular formula is C43H85NO3. The number of nitrogens with zero attached hydrogens (tertiary/aromatic N) is 1. The van der Waals surface area contributed by atoms with Crippen LogP contribution in [0.1, 0.15) is 234 Å². The average molecular weight is 664 g/mol. The summed E-state index contributed by atoms with van der Waals surface area (Å²) in [4.78, 5) is 28.8. The van der Waals surface area contributed by atoms with Crippen molar-refractivity contribution in [2.45, 2.75) is 240 Å². The maximum Gasteiger partial charge on any atom is 0.305 e. The number of ether oxygens (including phenoxy) is 1. The van der Waals surface area contributed by atoms with Crippen LogP contribution < -0.4 is 0 Å².